The minimum atomic E-state index is -1.45. The Bertz CT molecular complexity index is 627. The third kappa shape index (κ3) is 6.00. The molecule has 1 rings (SSSR count). The van der Waals surface area contributed by atoms with Crippen LogP contribution in [0.2, 0.25) is 0 Å². The van der Waals surface area contributed by atoms with Crippen molar-refractivity contribution in [3.8, 4) is 0 Å². The summed E-state index contributed by atoms with van der Waals surface area (Å²) in [4.78, 5) is 47.0. The van der Waals surface area contributed by atoms with Crippen molar-refractivity contribution in [2.75, 3.05) is 13.2 Å². The smallest absolute Gasteiger partial charge is 0.336 e. The standard InChI is InChI=1S/C19H26O9/c1-4-12-5-15(28-18(25)10(2)7-20)16(11(3)17(23)24)14(22)6-13(8-21)19(26)27-9-12/h4,8,11-16,20,22H,1-2,5-7,9H2,3H3,(H,23,24)/t11-,12+,13-,14+,15+,16+/m0/s1. The summed E-state index contributed by atoms with van der Waals surface area (Å²) in [7, 11) is 0. The highest BCUT2D eigenvalue weighted by atomic mass is 16.5. The molecule has 0 aromatic heterocycles. The van der Waals surface area contributed by atoms with Gasteiger partial charge in [-0.3, -0.25) is 9.59 Å². The van der Waals surface area contributed by atoms with Crippen LogP contribution < -0.4 is 0 Å². The topological polar surface area (TPSA) is 147 Å². The largest absolute Gasteiger partial charge is 0.481 e. The van der Waals surface area contributed by atoms with Gasteiger partial charge in [-0.2, -0.15) is 0 Å². The fraction of sp³-hybridized carbons (Fsp3) is 0.579. The number of carboxylic acid groups (broad SMARTS) is 1. The highest BCUT2D eigenvalue weighted by Crippen LogP contribution is 2.32. The first-order valence-electron chi connectivity index (χ1n) is 8.81. The molecule has 0 saturated carbocycles. The van der Waals surface area contributed by atoms with Gasteiger partial charge in [0.2, 0.25) is 0 Å². The summed E-state index contributed by atoms with van der Waals surface area (Å²) >= 11 is 0. The summed E-state index contributed by atoms with van der Waals surface area (Å²) in [5, 5.41) is 29.2. The highest BCUT2D eigenvalue weighted by molar-refractivity contribution is 5.88. The number of aliphatic carboxylic acids is 1. The highest BCUT2D eigenvalue weighted by Gasteiger charge is 2.42. The number of carboxylic acids is 1. The van der Waals surface area contributed by atoms with Gasteiger partial charge in [0.15, 0.2) is 0 Å². The number of hydrogen-bond donors (Lipinski definition) is 3. The third-order valence-electron chi connectivity index (χ3n) is 4.85. The molecule has 1 fully saturated rings. The van der Waals surface area contributed by atoms with Gasteiger partial charge in [-0.25, -0.2) is 4.79 Å². The van der Waals surface area contributed by atoms with Gasteiger partial charge in [-0.05, 0) is 12.8 Å². The lowest BCUT2D eigenvalue weighted by Gasteiger charge is -2.36. The van der Waals surface area contributed by atoms with Crippen LogP contribution in [0.1, 0.15) is 19.8 Å². The van der Waals surface area contributed by atoms with Gasteiger partial charge in [0.25, 0.3) is 0 Å². The Hall–Kier alpha value is -2.52. The van der Waals surface area contributed by atoms with Crippen LogP contribution in [-0.4, -0.2) is 64.9 Å². The van der Waals surface area contributed by atoms with Gasteiger partial charge >= 0.3 is 17.9 Å². The molecule has 1 heterocycles. The Morgan fingerprint density at radius 3 is 2.54 bits per heavy atom. The summed E-state index contributed by atoms with van der Waals surface area (Å²) in [6, 6.07) is 0. The molecule has 1 aliphatic heterocycles. The molecule has 0 unspecified atom stereocenters. The summed E-state index contributed by atoms with van der Waals surface area (Å²) in [5.74, 6) is -7.11. The van der Waals surface area contributed by atoms with Crippen molar-refractivity contribution in [1.82, 2.24) is 0 Å². The first-order chi connectivity index (χ1) is 13.2. The Morgan fingerprint density at radius 1 is 1.39 bits per heavy atom. The van der Waals surface area contributed by atoms with Crippen molar-refractivity contribution >= 4 is 24.2 Å². The van der Waals surface area contributed by atoms with Gasteiger partial charge < -0.3 is 29.6 Å². The number of cyclic esters (lactones) is 1. The van der Waals surface area contributed by atoms with E-state index in [9.17, 15) is 29.4 Å². The lowest BCUT2D eigenvalue weighted by atomic mass is 9.77. The maximum Gasteiger partial charge on any atom is 0.336 e. The van der Waals surface area contributed by atoms with E-state index in [1.54, 1.807) is 0 Å². The molecular formula is C19H26O9. The zero-order valence-electron chi connectivity index (χ0n) is 15.7. The summed E-state index contributed by atoms with van der Waals surface area (Å²) in [6.07, 6.45) is -1.14. The number of carbonyl (C=O) groups excluding carboxylic acids is 3. The second-order valence-electron chi connectivity index (χ2n) is 6.82. The summed E-state index contributed by atoms with van der Waals surface area (Å²) in [6.45, 7) is 7.54. The third-order valence-corrected chi connectivity index (χ3v) is 4.85. The van der Waals surface area contributed by atoms with Crippen molar-refractivity contribution in [3.63, 3.8) is 0 Å². The molecule has 156 valence electrons. The number of aliphatic hydroxyl groups excluding tert-OH is 2. The number of aldehydes is 1. The van der Waals surface area contributed by atoms with E-state index in [1.807, 2.05) is 0 Å². The molecular weight excluding hydrogens is 372 g/mol. The number of rotatable bonds is 7. The molecule has 1 saturated heterocycles. The number of esters is 2. The molecule has 1 aliphatic rings. The fourth-order valence-electron chi connectivity index (χ4n) is 3.09. The lowest BCUT2D eigenvalue weighted by Crippen LogP contribution is -2.45. The van der Waals surface area contributed by atoms with Gasteiger partial charge in [0, 0.05) is 11.8 Å². The minimum Gasteiger partial charge on any atom is -0.481 e. The van der Waals surface area contributed by atoms with Crippen LogP contribution >= 0.6 is 0 Å². The van der Waals surface area contributed by atoms with E-state index in [0.29, 0.717) is 6.29 Å². The van der Waals surface area contributed by atoms with E-state index in [4.69, 9.17) is 14.6 Å². The maximum absolute atomic E-state index is 12.1. The molecule has 0 aromatic carbocycles. The fourth-order valence-corrected chi connectivity index (χ4v) is 3.09. The van der Waals surface area contributed by atoms with Gasteiger partial charge in [0.1, 0.15) is 18.3 Å². The summed E-state index contributed by atoms with van der Waals surface area (Å²) < 4.78 is 10.4. The zero-order valence-corrected chi connectivity index (χ0v) is 15.7. The zero-order chi connectivity index (χ0) is 21.4. The predicted octanol–water partition coefficient (Wildman–Crippen LogP) is 0.0988. The van der Waals surface area contributed by atoms with Crippen LogP contribution in [0.4, 0.5) is 0 Å². The van der Waals surface area contributed by atoms with Crippen LogP contribution in [0.15, 0.2) is 24.8 Å². The molecule has 6 atom stereocenters. The van der Waals surface area contributed by atoms with Gasteiger partial charge in [0.05, 0.1) is 30.8 Å². The van der Waals surface area contributed by atoms with E-state index in [0.717, 1.165) is 0 Å². The van der Waals surface area contributed by atoms with E-state index >= 15 is 0 Å². The van der Waals surface area contributed by atoms with Crippen LogP contribution in [0.25, 0.3) is 0 Å². The second-order valence-corrected chi connectivity index (χ2v) is 6.82. The van der Waals surface area contributed by atoms with Crippen molar-refractivity contribution < 1.29 is 44.0 Å². The average molecular weight is 398 g/mol. The molecule has 0 radical (unpaired) electrons. The molecule has 0 aromatic rings. The van der Waals surface area contributed by atoms with Gasteiger partial charge in [-0.15, -0.1) is 6.58 Å². The van der Waals surface area contributed by atoms with Crippen molar-refractivity contribution in [2.24, 2.45) is 23.7 Å². The molecule has 3 N–H and O–H groups in total. The average Bonchev–Trinajstić information content (AvgIpc) is 2.67. The first-order valence-corrected chi connectivity index (χ1v) is 8.81. The predicted molar refractivity (Wildman–Crippen MR) is 95.8 cm³/mol. The van der Waals surface area contributed by atoms with Crippen LogP contribution in [0.3, 0.4) is 0 Å². The van der Waals surface area contributed by atoms with Crippen molar-refractivity contribution in [2.45, 2.75) is 32.0 Å². The molecule has 0 spiro atoms. The van der Waals surface area contributed by atoms with Crippen LogP contribution in [0, 0.1) is 23.7 Å². The van der Waals surface area contributed by atoms with E-state index in [1.165, 1.54) is 13.0 Å². The number of aliphatic hydroxyl groups is 2. The lowest BCUT2D eigenvalue weighted by molar-refractivity contribution is -0.166. The molecule has 0 amide bonds. The molecule has 0 aliphatic carbocycles. The summed E-state index contributed by atoms with van der Waals surface area (Å²) in [5.41, 5.74) is -0.235. The van der Waals surface area contributed by atoms with Gasteiger partial charge in [-0.1, -0.05) is 19.6 Å². The molecule has 9 nitrogen and oxygen atoms in total. The van der Waals surface area contributed by atoms with Crippen molar-refractivity contribution in [3.05, 3.63) is 24.8 Å². The van der Waals surface area contributed by atoms with E-state index in [2.05, 4.69) is 13.2 Å². The second kappa shape index (κ2) is 10.7. The number of ether oxygens (including phenoxy) is 2. The normalized spacial score (nSPS) is 29.7. The minimum absolute atomic E-state index is 0.0202. The molecule has 9 heteroatoms. The Morgan fingerprint density at radius 2 is 2.04 bits per heavy atom. The Labute approximate surface area is 162 Å². The maximum atomic E-state index is 12.1. The van der Waals surface area contributed by atoms with E-state index in [-0.39, 0.29) is 25.0 Å². The van der Waals surface area contributed by atoms with Crippen molar-refractivity contribution in [1.29, 1.82) is 0 Å². The first kappa shape index (κ1) is 23.5. The molecule has 0 bridgehead atoms. The Balaban J connectivity index is 3.34. The Kier molecular flexibility index (Phi) is 9.01. The van der Waals surface area contributed by atoms with Crippen LogP contribution in [0.5, 0.6) is 0 Å². The number of hydrogen-bond acceptors (Lipinski definition) is 8. The molecule has 28 heavy (non-hydrogen) atoms. The SMILES string of the molecule is C=C[C@H]1COC(=O)[C@H](C=O)C[C@@H](O)[C@@H]([C@H](C)C(=O)O)[C@H](OC(=O)C(=C)CO)C1. The number of carbonyl (C=O) groups is 4. The quantitative estimate of drug-likeness (QED) is 0.178. The van der Waals surface area contributed by atoms with Crippen LogP contribution in [-0.2, 0) is 28.7 Å². The monoisotopic (exact) mass is 398 g/mol. The van der Waals surface area contributed by atoms with E-state index < -0.39 is 60.4 Å².